The molecule has 15 heteroatoms. The van der Waals surface area contributed by atoms with Gasteiger partial charge >= 0.3 is 6.18 Å². The smallest absolute Gasteiger partial charge is 0.244 e. The number of benzene rings is 14. The van der Waals surface area contributed by atoms with Crippen LogP contribution in [0.3, 0.4) is 0 Å². The van der Waals surface area contributed by atoms with Crippen LogP contribution in [0.25, 0.3) is 213 Å². The molecule has 0 amide bonds. The van der Waals surface area contributed by atoms with Gasteiger partial charge < -0.3 is 0 Å². The van der Waals surface area contributed by atoms with Crippen LogP contribution in [0.5, 0.6) is 0 Å². The first-order chi connectivity index (χ1) is 57.5. The quantitative estimate of drug-likeness (QED) is 0.126. The summed E-state index contributed by atoms with van der Waals surface area (Å²) in [5, 5.41) is 15.6. The summed E-state index contributed by atoms with van der Waals surface area (Å²) in [5.74, 6) is 0. The van der Waals surface area contributed by atoms with Crippen LogP contribution in [0.1, 0.15) is 75.8 Å². The second kappa shape index (κ2) is 28.2. The first kappa shape index (κ1) is 74.7. The molecule has 9 aromatic heterocycles. The Balaban J connectivity index is 0.000000111. The highest BCUT2D eigenvalue weighted by Crippen LogP contribution is 2.51. The van der Waals surface area contributed by atoms with Gasteiger partial charge in [0.2, 0.25) is 0 Å². The van der Waals surface area contributed by atoms with Gasteiger partial charge in [0.25, 0.3) is 0 Å². The molecule has 578 valence electrons. The summed E-state index contributed by atoms with van der Waals surface area (Å²) in [5.41, 5.74) is 27.7. The van der Waals surface area contributed by atoms with Crippen LogP contribution in [0, 0.1) is 90.0 Å². The van der Waals surface area contributed by atoms with Crippen LogP contribution in [0.15, 0.2) is 218 Å². The molecule has 0 unspecified atom stereocenters. The molecule has 0 bridgehead atoms. The molecule has 0 N–H and O–H groups in total. The van der Waals surface area contributed by atoms with E-state index in [1.165, 1.54) is 135 Å². The van der Waals surface area contributed by atoms with Crippen LogP contribution < -0.4 is 0 Å². The molecule has 0 saturated heterocycles. The molecule has 0 saturated carbocycles. The molecule has 6 nitrogen and oxygen atoms in total. The topological polar surface area (TPSA) is 77.3 Å². The lowest BCUT2D eigenvalue weighted by molar-refractivity contribution is -0.137. The molecule has 0 spiro atoms. The average Bonchev–Trinajstić information content (AvgIpc) is 1.71. The Morgan fingerprint density at radius 3 is 0.899 bits per heavy atom. The first-order valence-electron chi connectivity index (χ1n) is 39.8. The molecule has 0 aliphatic carbocycles. The van der Waals surface area contributed by atoms with Gasteiger partial charge in [0.1, 0.15) is 0 Å². The number of thiophene rings is 6. The number of rotatable bonds is 5. The van der Waals surface area contributed by atoms with Crippen molar-refractivity contribution in [3.63, 3.8) is 0 Å². The van der Waals surface area contributed by atoms with E-state index in [1.54, 1.807) is 17.4 Å². The van der Waals surface area contributed by atoms with E-state index in [-0.39, 0.29) is 0 Å². The summed E-state index contributed by atoms with van der Waals surface area (Å²) in [6.07, 6.45) is -4.44. The molecule has 119 heavy (non-hydrogen) atoms. The predicted octanol–water partition coefficient (Wildman–Crippen LogP) is 32.5. The van der Waals surface area contributed by atoms with Gasteiger partial charge in [-0.25, -0.2) is 29.9 Å². The van der Waals surface area contributed by atoms with Crippen molar-refractivity contribution in [1.29, 1.82) is 0 Å². The number of fused-ring (bicyclic) bond motifs is 21. The standard InChI is InChI=1S/C36H25F3N2S2.C34H24N2S2.C34H26N2S2/c1-16-6-9-22-27(12-16)28-14-21(36(37,38)39)8-11-23(28)32-31(22)40-30-17(2)7-10-24(33(30)41-32)29-15-26-20(5)34-25(13-18(3)42-34)19(4)35(26)43-29;1-17-13-14-25(28-16-27-20(4)33-26(15-18(2)37-33)19(3)34(27)38-28)32-29(17)35-30-23-11-7-5-9-21(23)22-10-6-8-12-24(22)31(30)36-32;1-19-15-16-25(28-18-27-22(4)33-26(17-20(2)37-33)21(3)34(27)38-28)32-29(19)35-30(23-11-7-5-8-12-23)31(36-32)24-13-9-6-10-14-24/h6-15H,1-5H3;5-16H,1-4H3;5-18H,1-4H3. The Morgan fingerprint density at radius 1 is 0.227 bits per heavy atom. The molecular weight excluding hydrogens is 1580 g/mol. The fourth-order valence-electron chi connectivity index (χ4n) is 18.0. The summed E-state index contributed by atoms with van der Waals surface area (Å²) in [4.78, 5) is 39.5. The zero-order chi connectivity index (χ0) is 81.6. The maximum absolute atomic E-state index is 13.8. The Labute approximate surface area is 708 Å². The van der Waals surface area contributed by atoms with E-state index in [9.17, 15) is 13.2 Å². The van der Waals surface area contributed by atoms with Gasteiger partial charge in [0, 0.05) is 107 Å². The number of hydrogen-bond acceptors (Lipinski definition) is 12. The van der Waals surface area contributed by atoms with Crippen molar-refractivity contribution in [3.8, 4) is 53.8 Å². The van der Waals surface area contributed by atoms with Crippen molar-refractivity contribution in [2.24, 2.45) is 0 Å². The maximum Gasteiger partial charge on any atom is 0.416 e. The van der Waals surface area contributed by atoms with Crippen molar-refractivity contribution < 1.29 is 13.2 Å². The van der Waals surface area contributed by atoms with Gasteiger partial charge in [-0.15, -0.1) is 68.0 Å². The fraction of sp³-hybridized carbons (Fsp3) is 0.135. The minimum Gasteiger partial charge on any atom is -0.244 e. The number of aryl methyl sites for hydroxylation is 13. The van der Waals surface area contributed by atoms with Gasteiger partial charge in [-0.3, -0.25) is 0 Å². The van der Waals surface area contributed by atoms with E-state index >= 15 is 0 Å². The summed E-state index contributed by atoms with van der Waals surface area (Å²) in [6.45, 7) is 28.3. The summed E-state index contributed by atoms with van der Waals surface area (Å²) in [6, 6.07) is 74.9. The minimum atomic E-state index is -4.44. The molecule has 9 heterocycles. The molecule has 0 atom stereocenters. The van der Waals surface area contributed by atoms with Crippen molar-refractivity contribution in [2.45, 2.75) is 96.2 Å². The number of aromatic nitrogens is 6. The van der Waals surface area contributed by atoms with Gasteiger partial charge in [0.15, 0.2) is 0 Å². The van der Waals surface area contributed by atoms with Crippen LogP contribution in [0.2, 0.25) is 0 Å². The Hall–Kier alpha value is -11.8. The third kappa shape index (κ3) is 12.1. The maximum atomic E-state index is 13.8. The predicted molar refractivity (Wildman–Crippen MR) is 510 cm³/mol. The van der Waals surface area contributed by atoms with Crippen LogP contribution >= 0.6 is 68.0 Å². The molecule has 0 fully saturated rings. The molecule has 14 aromatic carbocycles. The second-order valence-electron chi connectivity index (χ2n) is 31.9. The Bertz CT molecular complexity index is 8160. The molecule has 0 aliphatic heterocycles. The third-order valence-corrected chi connectivity index (χ3v) is 31.5. The van der Waals surface area contributed by atoms with Crippen molar-refractivity contribution >= 4 is 227 Å². The molecule has 23 rings (SSSR count). The van der Waals surface area contributed by atoms with Gasteiger partial charge in [-0.1, -0.05) is 175 Å². The monoisotopic (exact) mass is 1660 g/mol. The van der Waals surface area contributed by atoms with E-state index in [2.05, 4.69) is 246 Å². The van der Waals surface area contributed by atoms with E-state index in [0.717, 1.165) is 138 Å². The number of halogens is 3. The highest BCUT2D eigenvalue weighted by atomic mass is 32.1. The fourth-order valence-corrected chi connectivity index (χ4v) is 25.0. The van der Waals surface area contributed by atoms with Crippen LogP contribution in [0.4, 0.5) is 13.2 Å². The van der Waals surface area contributed by atoms with Gasteiger partial charge in [-0.2, -0.15) is 13.2 Å². The third-order valence-electron chi connectivity index (χ3n) is 24.2. The highest BCUT2D eigenvalue weighted by Gasteiger charge is 2.32. The van der Waals surface area contributed by atoms with E-state index in [1.807, 2.05) is 101 Å². The lowest BCUT2D eigenvalue weighted by atomic mass is 9.96. The molecular formula is C104H75F3N6S6. The van der Waals surface area contributed by atoms with E-state index < -0.39 is 11.7 Å². The summed E-state index contributed by atoms with van der Waals surface area (Å²) < 4.78 is 49.6. The molecule has 0 radical (unpaired) electrons. The number of alkyl halides is 3. The van der Waals surface area contributed by atoms with E-state index in [0.29, 0.717) is 21.8 Å². The zero-order valence-corrected chi connectivity index (χ0v) is 72.5. The van der Waals surface area contributed by atoms with Crippen LogP contribution in [-0.2, 0) is 6.18 Å². The molecule has 23 aromatic rings. The summed E-state index contributed by atoms with van der Waals surface area (Å²) in [7, 11) is 0. The SMILES string of the molecule is Cc1cc2c(C)c3sc(-c4ccc(C)c5nc(-c6ccccc6)c(-c6ccccc6)nc45)cc3c(C)c2s1.Cc1cc2c(C)c3sc(-c4ccc(C)c5nc6c7ccccc7c7ccccc7c6nc45)cc3c(C)c2s1.Cc1ccc2c(c1)c1cc(C(F)(F)F)ccc1c1nc3c(-c4cc5c(C)c6sc(C)cc6c(C)c5s4)ccc(C)c3nc21. The average molecular weight is 1660 g/mol. The summed E-state index contributed by atoms with van der Waals surface area (Å²) >= 11 is 11.2. The lowest BCUT2D eigenvalue weighted by Crippen LogP contribution is -2.04. The highest BCUT2D eigenvalue weighted by molar-refractivity contribution is 7.24. The number of hydrogen-bond donors (Lipinski definition) is 0. The van der Waals surface area contributed by atoms with Crippen LogP contribution in [-0.4, -0.2) is 29.9 Å². The normalized spacial score (nSPS) is 12.2. The van der Waals surface area contributed by atoms with Crippen molar-refractivity contribution in [2.75, 3.05) is 0 Å². The number of nitrogens with zero attached hydrogens (tertiary/aromatic N) is 6. The Morgan fingerprint density at radius 2 is 0.521 bits per heavy atom. The zero-order valence-electron chi connectivity index (χ0n) is 67.6. The van der Waals surface area contributed by atoms with Crippen molar-refractivity contribution in [3.05, 3.63) is 294 Å². The largest absolute Gasteiger partial charge is 0.416 e. The first-order valence-corrected chi connectivity index (χ1v) is 44.7. The van der Waals surface area contributed by atoms with Gasteiger partial charge in [-0.05, 0) is 242 Å². The minimum absolute atomic E-state index is 0.535. The second-order valence-corrected chi connectivity index (χ2v) is 38.8. The van der Waals surface area contributed by atoms with E-state index in [4.69, 9.17) is 29.9 Å². The molecule has 0 aliphatic rings. The lowest BCUT2D eigenvalue weighted by Gasteiger charge is -2.15. The van der Waals surface area contributed by atoms with Gasteiger partial charge in [0.05, 0.1) is 72.1 Å². The Kier molecular flexibility index (Phi) is 17.7. The van der Waals surface area contributed by atoms with Crippen molar-refractivity contribution in [1.82, 2.24) is 29.9 Å².